The van der Waals surface area contributed by atoms with Crippen molar-refractivity contribution in [2.75, 3.05) is 33.8 Å². The van der Waals surface area contributed by atoms with E-state index in [4.69, 9.17) is 4.74 Å². The summed E-state index contributed by atoms with van der Waals surface area (Å²) in [4.78, 5) is 12.9. The maximum Gasteiger partial charge on any atom is 0.257 e. The Morgan fingerprint density at radius 2 is 2.22 bits per heavy atom. The molecule has 0 fully saturated rings. The molecule has 5 heteroatoms. The van der Waals surface area contributed by atoms with Gasteiger partial charge in [-0.05, 0) is 18.2 Å². The predicted octanol–water partition coefficient (Wildman–Crippen LogP) is 0.479. The van der Waals surface area contributed by atoms with Gasteiger partial charge in [0, 0.05) is 17.4 Å². The number of halogens is 1. The van der Waals surface area contributed by atoms with Crippen LogP contribution < -0.4 is 15.0 Å². The van der Waals surface area contributed by atoms with Gasteiger partial charge in [0.2, 0.25) is 0 Å². The van der Waals surface area contributed by atoms with Crippen molar-refractivity contribution in [3.8, 4) is 5.75 Å². The lowest BCUT2D eigenvalue weighted by molar-refractivity contribution is -0.858. The standard InChI is InChI=1S/C13H19BrN2O2/c1-16(2)8-4-7-15-13(17)10-18-12-6-3-5-11(14)9-12/h3,5-6,9H,4,7-8,10H2,1-2H3,(H,15,17)/p+1. The van der Waals surface area contributed by atoms with Crippen molar-refractivity contribution < 1.29 is 14.4 Å². The average molecular weight is 316 g/mol. The Kier molecular flexibility index (Phi) is 6.75. The number of quaternary nitrogens is 1. The van der Waals surface area contributed by atoms with E-state index in [2.05, 4.69) is 35.3 Å². The quantitative estimate of drug-likeness (QED) is 0.719. The summed E-state index contributed by atoms with van der Waals surface area (Å²) in [7, 11) is 4.19. The number of nitrogens with one attached hydrogen (secondary N) is 2. The molecule has 0 aliphatic carbocycles. The second kappa shape index (κ2) is 8.11. The highest BCUT2D eigenvalue weighted by molar-refractivity contribution is 9.10. The highest BCUT2D eigenvalue weighted by Gasteiger charge is 2.03. The van der Waals surface area contributed by atoms with Crippen molar-refractivity contribution in [1.82, 2.24) is 5.32 Å². The molecule has 0 heterocycles. The van der Waals surface area contributed by atoms with Crippen LogP contribution in [0, 0.1) is 0 Å². The van der Waals surface area contributed by atoms with Gasteiger partial charge in [0.05, 0.1) is 20.6 Å². The van der Waals surface area contributed by atoms with Gasteiger partial charge in [-0.25, -0.2) is 0 Å². The second-order valence-corrected chi connectivity index (χ2v) is 5.32. The van der Waals surface area contributed by atoms with Crippen LogP contribution in [0.2, 0.25) is 0 Å². The highest BCUT2D eigenvalue weighted by atomic mass is 79.9. The molecule has 0 radical (unpaired) electrons. The fourth-order valence-electron chi connectivity index (χ4n) is 1.43. The Labute approximate surface area is 116 Å². The zero-order chi connectivity index (χ0) is 13.4. The van der Waals surface area contributed by atoms with Crippen molar-refractivity contribution in [3.63, 3.8) is 0 Å². The minimum atomic E-state index is -0.0799. The summed E-state index contributed by atoms with van der Waals surface area (Å²) in [5.41, 5.74) is 0. The van der Waals surface area contributed by atoms with E-state index in [1.807, 2.05) is 24.3 Å². The number of hydrogen-bond acceptors (Lipinski definition) is 2. The molecule has 0 aliphatic heterocycles. The highest BCUT2D eigenvalue weighted by Crippen LogP contribution is 2.17. The van der Waals surface area contributed by atoms with Gasteiger partial charge in [-0.1, -0.05) is 22.0 Å². The number of carbonyl (C=O) groups is 1. The third-order valence-corrected chi connectivity index (χ3v) is 2.83. The Balaban J connectivity index is 2.17. The molecular formula is C13H20BrN2O2+. The number of rotatable bonds is 7. The summed E-state index contributed by atoms with van der Waals surface area (Å²) >= 11 is 3.35. The van der Waals surface area contributed by atoms with Crippen LogP contribution in [0.4, 0.5) is 0 Å². The summed E-state index contributed by atoms with van der Waals surface area (Å²) in [6.45, 7) is 1.81. The number of ether oxygens (including phenoxy) is 1. The van der Waals surface area contributed by atoms with Crippen LogP contribution >= 0.6 is 15.9 Å². The summed E-state index contributed by atoms with van der Waals surface area (Å²) in [6, 6.07) is 7.45. The third-order valence-electron chi connectivity index (χ3n) is 2.34. The van der Waals surface area contributed by atoms with Crippen LogP contribution in [-0.4, -0.2) is 39.7 Å². The molecule has 1 amide bonds. The predicted molar refractivity (Wildman–Crippen MR) is 74.9 cm³/mol. The molecule has 1 rings (SSSR count). The molecule has 4 nitrogen and oxygen atoms in total. The lowest BCUT2D eigenvalue weighted by Gasteiger charge is -2.09. The molecule has 1 aromatic rings. The van der Waals surface area contributed by atoms with E-state index >= 15 is 0 Å². The van der Waals surface area contributed by atoms with Gasteiger partial charge in [-0.15, -0.1) is 0 Å². The molecule has 0 saturated heterocycles. The van der Waals surface area contributed by atoms with E-state index < -0.39 is 0 Å². The molecule has 2 N–H and O–H groups in total. The largest absolute Gasteiger partial charge is 0.484 e. The Bertz CT molecular complexity index is 383. The molecule has 0 spiro atoms. The Morgan fingerprint density at radius 1 is 1.44 bits per heavy atom. The maximum atomic E-state index is 11.5. The van der Waals surface area contributed by atoms with E-state index in [0.29, 0.717) is 12.3 Å². The van der Waals surface area contributed by atoms with Crippen LogP contribution in [0.15, 0.2) is 28.7 Å². The number of benzene rings is 1. The minimum absolute atomic E-state index is 0.0608. The van der Waals surface area contributed by atoms with E-state index in [1.54, 1.807) is 0 Å². The minimum Gasteiger partial charge on any atom is -0.484 e. The molecule has 0 aromatic heterocycles. The van der Waals surface area contributed by atoms with E-state index in [0.717, 1.165) is 17.4 Å². The van der Waals surface area contributed by atoms with Gasteiger partial charge in [-0.2, -0.15) is 0 Å². The monoisotopic (exact) mass is 315 g/mol. The van der Waals surface area contributed by atoms with Crippen LogP contribution in [-0.2, 0) is 4.79 Å². The molecule has 0 aliphatic rings. The maximum absolute atomic E-state index is 11.5. The Hall–Kier alpha value is -1.07. The first-order valence-electron chi connectivity index (χ1n) is 6.02. The number of hydrogen-bond donors (Lipinski definition) is 2. The zero-order valence-electron chi connectivity index (χ0n) is 10.8. The van der Waals surface area contributed by atoms with Crippen molar-refractivity contribution in [3.05, 3.63) is 28.7 Å². The lowest BCUT2D eigenvalue weighted by Crippen LogP contribution is -3.05. The topological polar surface area (TPSA) is 42.8 Å². The van der Waals surface area contributed by atoms with E-state index in [-0.39, 0.29) is 12.5 Å². The normalized spacial score (nSPS) is 10.4. The smallest absolute Gasteiger partial charge is 0.257 e. The average Bonchev–Trinajstić information content (AvgIpc) is 2.32. The Morgan fingerprint density at radius 3 is 2.89 bits per heavy atom. The van der Waals surface area contributed by atoms with Crippen LogP contribution in [0.1, 0.15) is 6.42 Å². The van der Waals surface area contributed by atoms with Crippen LogP contribution in [0.3, 0.4) is 0 Å². The molecule has 100 valence electrons. The van der Waals surface area contributed by atoms with Gasteiger partial charge in [-0.3, -0.25) is 4.79 Å². The van der Waals surface area contributed by atoms with Crippen LogP contribution in [0.5, 0.6) is 5.75 Å². The molecule has 0 atom stereocenters. The second-order valence-electron chi connectivity index (χ2n) is 4.41. The van der Waals surface area contributed by atoms with Crippen molar-refractivity contribution >= 4 is 21.8 Å². The zero-order valence-corrected chi connectivity index (χ0v) is 12.4. The van der Waals surface area contributed by atoms with Gasteiger partial charge >= 0.3 is 0 Å². The molecule has 18 heavy (non-hydrogen) atoms. The third kappa shape index (κ3) is 6.61. The molecule has 0 bridgehead atoms. The fourth-order valence-corrected chi connectivity index (χ4v) is 1.80. The van der Waals surface area contributed by atoms with Crippen molar-refractivity contribution in [2.45, 2.75) is 6.42 Å². The molecule has 0 unspecified atom stereocenters. The molecule has 0 saturated carbocycles. The lowest BCUT2D eigenvalue weighted by atomic mass is 10.3. The SMILES string of the molecule is C[NH+](C)CCCNC(=O)COc1cccc(Br)c1. The number of carbonyl (C=O) groups excluding carboxylic acids is 1. The summed E-state index contributed by atoms with van der Waals surface area (Å²) in [5.74, 6) is 0.612. The van der Waals surface area contributed by atoms with Crippen molar-refractivity contribution in [1.29, 1.82) is 0 Å². The first-order chi connectivity index (χ1) is 8.58. The number of amides is 1. The van der Waals surface area contributed by atoms with Gasteiger partial charge in [0.1, 0.15) is 5.75 Å². The summed E-state index contributed by atoms with van der Waals surface area (Å²) in [6.07, 6.45) is 0.977. The van der Waals surface area contributed by atoms with Gasteiger partial charge in [0.15, 0.2) is 6.61 Å². The van der Waals surface area contributed by atoms with Crippen LogP contribution in [0.25, 0.3) is 0 Å². The van der Waals surface area contributed by atoms with Gasteiger partial charge in [0.25, 0.3) is 5.91 Å². The summed E-state index contributed by atoms with van der Waals surface area (Å²) < 4.78 is 6.32. The molecule has 1 aromatic carbocycles. The van der Waals surface area contributed by atoms with E-state index in [1.165, 1.54) is 4.90 Å². The first-order valence-corrected chi connectivity index (χ1v) is 6.81. The van der Waals surface area contributed by atoms with E-state index in [9.17, 15) is 4.79 Å². The summed E-state index contributed by atoms with van der Waals surface area (Å²) in [5, 5.41) is 2.83. The fraction of sp³-hybridized carbons (Fsp3) is 0.462. The first kappa shape index (κ1) is 15.0. The molecular weight excluding hydrogens is 296 g/mol. The van der Waals surface area contributed by atoms with Gasteiger partial charge < -0.3 is 15.0 Å². The van der Waals surface area contributed by atoms with Crippen molar-refractivity contribution in [2.24, 2.45) is 0 Å².